The van der Waals surface area contributed by atoms with Crippen LogP contribution in [0.1, 0.15) is 85.5 Å². The van der Waals surface area contributed by atoms with Crippen molar-refractivity contribution in [1.29, 1.82) is 0 Å². The highest BCUT2D eigenvalue weighted by Crippen LogP contribution is 2.70. The van der Waals surface area contributed by atoms with E-state index in [2.05, 4.69) is 6.92 Å². The van der Waals surface area contributed by atoms with E-state index in [1.807, 2.05) is 20.8 Å². The van der Waals surface area contributed by atoms with Crippen LogP contribution in [0.15, 0.2) is 0 Å². The molecule has 0 aliphatic heterocycles. The van der Waals surface area contributed by atoms with Crippen molar-refractivity contribution in [2.75, 3.05) is 6.61 Å². The highest BCUT2D eigenvalue weighted by Gasteiger charge is 2.76. The molecular weight excluding hydrogens is 436 g/mol. The van der Waals surface area contributed by atoms with E-state index in [9.17, 15) is 35.7 Å². The zero-order valence-electron chi connectivity index (χ0n) is 21.4. The third-order valence-electron chi connectivity index (χ3n) is 11.5. The topological polar surface area (TPSA) is 142 Å². The summed E-state index contributed by atoms with van der Waals surface area (Å²) in [5.74, 6) is -0.536. The summed E-state index contributed by atoms with van der Waals surface area (Å²) >= 11 is 0. The number of rotatable bonds is 6. The van der Waals surface area contributed by atoms with Gasteiger partial charge in [-0.25, -0.2) is 0 Å². The molecule has 0 bridgehead atoms. The maximum Gasteiger partial charge on any atom is 0.110 e. The van der Waals surface area contributed by atoms with E-state index in [0.717, 1.165) is 25.7 Å². The molecule has 0 heterocycles. The summed E-state index contributed by atoms with van der Waals surface area (Å²) in [5.41, 5.74) is -4.38. The minimum Gasteiger partial charge on any atom is -0.396 e. The molecule has 0 aromatic rings. The van der Waals surface area contributed by atoms with Crippen molar-refractivity contribution in [3.05, 3.63) is 0 Å². The van der Waals surface area contributed by atoms with Crippen molar-refractivity contribution in [1.82, 2.24) is 0 Å². The minimum absolute atomic E-state index is 0.0805. The summed E-state index contributed by atoms with van der Waals surface area (Å²) in [6.07, 6.45) is 1.26. The summed E-state index contributed by atoms with van der Waals surface area (Å²) in [6, 6.07) is 0. The van der Waals surface area contributed by atoms with Crippen LogP contribution in [0.4, 0.5) is 0 Å². The van der Waals surface area contributed by atoms with Crippen molar-refractivity contribution < 1.29 is 35.7 Å². The molecular formula is C27H48O7. The summed E-state index contributed by atoms with van der Waals surface area (Å²) < 4.78 is 0. The Bertz CT molecular complexity index is 748. The van der Waals surface area contributed by atoms with Gasteiger partial charge in [-0.2, -0.15) is 0 Å². The zero-order valence-corrected chi connectivity index (χ0v) is 21.4. The van der Waals surface area contributed by atoms with Gasteiger partial charge in [-0.1, -0.05) is 40.5 Å². The number of hydrogen-bond donors (Lipinski definition) is 7. The first-order valence-corrected chi connectivity index (χ1v) is 13.6. The van der Waals surface area contributed by atoms with Gasteiger partial charge in [0.25, 0.3) is 0 Å². The van der Waals surface area contributed by atoms with Crippen LogP contribution in [0.2, 0.25) is 0 Å². The first-order chi connectivity index (χ1) is 15.8. The number of fused-ring (bicyclic) bond motifs is 5. The average Bonchev–Trinajstić information content (AvgIpc) is 2.93. The summed E-state index contributed by atoms with van der Waals surface area (Å²) in [4.78, 5) is 0. The van der Waals surface area contributed by atoms with Gasteiger partial charge in [0.05, 0.1) is 23.9 Å². The predicted molar refractivity (Wildman–Crippen MR) is 128 cm³/mol. The third kappa shape index (κ3) is 3.48. The van der Waals surface area contributed by atoms with E-state index in [0.29, 0.717) is 19.3 Å². The molecule has 0 amide bonds. The third-order valence-corrected chi connectivity index (χ3v) is 11.5. The second kappa shape index (κ2) is 8.93. The van der Waals surface area contributed by atoms with Gasteiger partial charge in [-0.15, -0.1) is 0 Å². The summed E-state index contributed by atoms with van der Waals surface area (Å²) in [7, 11) is 0. The molecule has 0 aromatic heterocycles. The Hall–Kier alpha value is -0.280. The van der Waals surface area contributed by atoms with E-state index in [-0.39, 0.29) is 43.1 Å². The standard InChI is InChI=1S/C27H48O7/c1-15(14-28)6-5-7-16(2)21-22(31)23(32)27(34)19-12-20(30)26(33)13-17(29)8-10-24(26,3)18(19)9-11-25(21,27)4/h15-23,28-34H,5-14H2,1-4H3/t15-,16+,17-,18-,19+,20+,21-,22+,23-,24+,25+,26-,27-/m0/s1. The molecule has 198 valence electrons. The molecule has 7 N–H and O–H groups in total. The molecule has 34 heavy (non-hydrogen) atoms. The Labute approximate surface area is 204 Å². The molecule has 7 heteroatoms. The molecule has 0 radical (unpaired) electrons. The highest BCUT2D eigenvalue weighted by molar-refractivity contribution is 5.25. The van der Waals surface area contributed by atoms with Crippen molar-refractivity contribution in [2.45, 2.75) is 121 Å². The monoisotopic (exact) mass is 484 g/mol. The normalized spacial score (nSPS) is 54.6. The van der Waals surface area contributed by atoms with Gasteiger partial charge in [-0.05, 0) is 68.1 Å². The van der Waals surface area contributed by atoms with Crippen LogP contribution in [0.25, 0.3) is 0 Å². The smallest absolute Gasteiger partial charge is 0.110 e. The second-order valence-electron chi connectivity index (χ2n) is 13.1. The molecule has 4 saturated carbocycles. The van der Waals surface area contributed by atoms with E-state index >= 15 is 0 Å². The number of aliphatic hydroxyl groups is 7. The minimum atomic E-state index is -1.56. The molecule has 4 fully saturated rings. The van der Waals surface area contributed by atoms with Gasteiger partial charge in [0.2, 0.25) is 0 Å². The lowest BCUT2D eigenvalue weighted by Crippen LogP contribution is -2.73. The zero-order chi connectivity index (χ0) is 25.3. The second-order valence-corrected chi connectivity index (χ2v) is 13.1. The van der Waals surface area contributed by atoms with Crippen LogP contribution in [-0.2, 0) is 0 Å². The molecule has 4 aliphatic carbocycles. The quantitative estimate of drug-likeness (QED) is 0.303. The van der Waals surface area contributed by atoms with Gasteiger partial charge in [0, 0.05) is 23.9 Å². The van der Waals surface area contributed by atoms with Gasteiger partial charge >= 0.3 is 0 Å². The number of aliphatic hydroxyl groups excluding tert-OH is 5. The Morgan fingerprint density at radius 2 is 1.53 bits per heavy atom. The van der Waals surface area contributed by atoms with Crippen LogP contribution >= 0.6 is 0 Å². The molecule has 0 saturated heterocycles. The van der Waals surface area contributed by atoms with Crippen LogP contribution < -0.4 is 0 Å². The maximum atomic E-state index is 12.3. The first kappa shape index (κ1) is 26.8. The van der Waals surface area contributed by atoms with Gasteiger partial charge in [-0.3, -0.25) is 0 Å². The van der Waals surface area contributed by atoms with Gasteiger partial charge < -0.3 is 35.7 Å². The lowest BCUT2D eigenvalue weighted by atomic mass is 9.41. The molecule has 0 unspecified atom stereocenters. The maximum absolute atomic E-state index is 12.3. The van der Waals surface area contributed by atoms with E-state index in [1.165, 1.54) is 0 Å². The Morgan fingerprint density at radius 3 is 2.18 bits per heavy atom. The Morgan fingerprint density at radius 1 is 0.882 bits per heavy atom. The molecule has 13 atom stereocenters. The lowest BCUT2D eigenvalue weighted by molar-refractivity contribution is -0.300. The van der Waals surface area contributed by atoms with Gasteiger partial charge in [0.1, 0.15) is 11.7 Å². The first-order valence-electron chi connectivity index (χ1n) is 13.6. The predicted octanol–water partition coefficient (Wildman–Crippen LogP) is 1.58. The highest BCUT2D eigenvalue weighted by atomic mass is 16.4. The molecule has 4 aliphatic rings. The van der Waals surface area contributed by atoms with Crippen molar-refractivity contribution in [2.24, 2.45) is 40.4 Å². The Kier molecular flexibility index (Phi) is 7.03. The summed E-state index contributed by atoms with van der Waals surface area (Å²) in [6.45, 7) is 8.24. The van der Waals surface area contributed by atoms with Crippen molar-refractivity contribution in [3.63, 3.8) is 0 Å². The SMILES string of the molecule is C[C@H](CO)CCC[C@@H](C)[C@H]1[C@@H](O)[C@H](O)[C@@]2(O)[C@@H]3C[C@@H](O)[C@@]4(O)C[C@@H](O)CC[C@]4(C)[C@H]3CC[C@]12C. The van der Waals surface area contributed by atoms with Crippen molar-refractivity contribution >= 4 is 0 Å². The van der Waals surface area contributed by atoms with Crippen LogP contribution in [0, 0.1) is 40.4 Å². The van der Waals surface area contributed by atoms with E-state index < -0.39 is 52.4 Å². The Balaban J connectivity index is 1.64. The fourth-order valence-corrected chi connectivity index (χ4v) is 9.38. The van der Waals surface area contributed by atoms with Crippen LogP contribution in [-0.4, -0.2) is 78.0 Å². The van der Waals surface area contributed by atoms with E-state index in [4.69, 9.17) is 0 Å². The molecule has 0 spiro atoms. The number of hydrogen-bond acceptors (Lipinski definition) is 7. The van der Waals surface area contributed by atoms with Crippen LogP contribution in [0.3, 0.4) is 0 Å². The fourth-order valence-electron chi connectivity index (χ4n) is 9.38. The largest absolute Gasteiger partial charge is 0.396 e. The van der Waals surface area contributed by atoms with Gasteiger partial charge in [0.15, 0.2) is 0 Å². The summed E-state index contributed by atoms with van der Waals surface area (Å²) in [5, 5.41) is 77.4. The van der Waals surface area contributed by atoms with Crippen molar-refractivity contribution in [3.8, 4) is 0 Å². The van der Waals surface area contributed by atoms with Crippen LogP contribution in [0.5, 0.6) is 0 Å². The fraction of sp³-hybridized carbons (Fsp3) is 1.00. The lowest BCUT2D eigenvalue weighted by Gasteiger charge is -2.67. The van der Waals surface area contributed by atoms with E-state index in [1.54, 1.807) is 0 Å². The molecule has 7 nitrogen and oxygen atoms in total. The average molecular weight is 485 g/mol. The molecule has 4 rings (SSSR count). The molecule has 0 aromatic carbocycles.